The lowest BCUT2D eigenvalue weighted by Crippen LogP contribution is -2.34. The van der Waals surface area contributed by atoms with Gasteiger partial charge in [0, 0.05) is 12.6 Å². The Kier molecular flexibility index (Phi) is 7.20. The van der Waals surface area contributed by atoms with Crippen molar-refractivity contribution in [3.8, 4) is 0 Å². The van der Waals surface area contributed by atoms with E-state index in [4.69, 9.17) is 0 Å². The van der Waals surface area contributed by atoms with Gasteiger partial charge < -0.3 is 15.4 Å². The van der Waals surface area contributed by atoms with Gasteiger partial charge in [-0.3, -0.25) is 9.78 Å². The van der Waals surface area contributed by atoms with Gasteiger partial charge in [0.15, 0.2) is 0 Å². The van der Waals surface area contributed by atoms with Crippen LogP contribution >= 0.6 is 0 Å². The highest BCUT2D eigenvalue weighted by atomic mass is 16.5. The van der Waals surface area contributed by atoms with E-state index >= 15 is 0 Å². The van der Waals surface area contributed by atoms with Gasteiger partial charge in [0.2, 0.25) is 5.91 Å². The Morgan fingerprint density at radius 3 is 2.71 bits per heavy atom. The molecule has 1 heterocycles. The second-order valence-electron chi connectivity index (χ2n) is 5.84. The molecule has 0 spiro atoms. The van der Waals surface area contributed by atoms with E-state index in [1.165, 1.54) is 63.8 Å². The Morgan fingerprint density at radius 2 is 2.04 bits per heavy atom. The Labute approximate surface area is 141 Å². The molecule has 130 valence electrons. The van der Waals surface area contributed by atoms with Crippen molar-refractivity contribution in [3.63, 3.8) is 0 Å². The van der Waals surface area contributed by atoms with Crippen molar-refractivity contribution < 1.29 is 14.3 Å². The van der Waals surface area contributed by atoms with Gasteiger partial charge in [0.1, 0.15) is 5.82 Å². The summed E-state index contributed by atoms with van der Waals surface area (Å²) in [7, 11) is 1.31. The fraction of sp³-hybridized carbons (Fsp3) is 0.529. The summed E-state index contributed by atoms with van der Waals surface area (Å²) in [4.78, 5) is 31.1. The fourth-order valence-electron chi connectivity index (χ4n) is 2.62. The molecule has 2 rings (SSSR count). The number of rotatable bonds is 7. The molecule has 1 aliphatic carbocycles. The second kappa shape index (κ2) is 9.64. The van der Waals surface area contributed by atoms with Gasteiger partial charge in [-0.15, -0.1) is 0 Å². The van der Waals surface area contributed by atoms with Crippen LogP contribution in [-0.2, 0) is 14.3 Å². The van der Waals surface area contributed by atoms with Crippen LogP contribution < -0.4 is 10.6 Å². The van der Waals surface area contributed by atoms with Crippen molar-refractivity contribution in [2.45, 2.75) is 32.1 Å². The molecule has 24 heavy (non-hydrogen) atoms. The third kappa shape index (κ3) is 6.36. The van der Waals surface area contributed by atoms with Gasteiger partial charge in [-0.25, -0.2) is 9.78 Å². The molecule has 0 bridgehead atoms. The van der Waals surface area contributed by atoms with Crippen LogP contribution in [0.2, 0.25) is 0 Å². The standard InChI is InChI=1S/C17H24N4O3/c1-24-17(23)8-7-14-10-19-15(11-18-14)20-12-16(22)21-9-13-5-3-2-4-6-13/h7-8,10-11,13H,2-6,9,12H2,1H3,(H,19,20)(H,21,22). The summed E-state index contributed by atoms with van der Waals surface area (Å²) in [5.74, 6) is 0.632. The number of nitrogens with zero attached hydrogens (tertiary/aromatic N) is 2. The largest absolute Gasteiger partial charge is 0.466 e. The van der Waals surface area contributed by atoms with Gasteiger partial charge >= 0.3 is 5.97 Å². The van der Waals surface area contributed by atoms with Crippen LogP contribution in [0.1, 0.15) is 37.8 Å². The van der Waals surface area contributed by atoms with Gasteiger partial charge in [-0.1, -0.05) is 19.3 Å². The molecule has 0 aliphatic heterocycles. The van der Waals surface area contributed by atoms with Crippen LogP contribution in [0, 0.1) is 5.92 Å². The molecular formula is C17H24N4O3. The fourth-order valence-corrected chi connectivity index (χ4v) is 2.62. The zero-order chi connectivity index (χ0) is 17.2. The van der Waals surface area contributed by atoms with Crippen molar-refractivity contribution in [2.24, 2.45) is 5.92 Å². The highest BCUT2D eigenvalue weighted by Crippen LogP contribution is 2.22. The number of carbonyl (C=O) groups is 2. The summed E-state index contributed by atoms with van der Waals surface area (Å²) in [6, 6.07) is 0. The molecule has 1 saturated carbocycles. The first-order chi connectivity index (χ1) is 11.7. The minimum Gasteiger partial charge on any atom is -0.466 e. The minimum absolute atomic E-state index is 0.0444. The number of esters is 1. The summed E-state index contributed by atoms with van der Waals surface area (Å²) < 4.78 is 4.50. The SMILES string of the molecule is COC(=O)C=Cc1cnc(NCC(=O)NCC2CCCCC2)cn1. The molecule has 1 aromatic rings. The first kappa shape index (κ1) is 17.9. The van der Waals surface area contributed by atoms with Gasteiger partial charge in [-0.2, -0.15) is 0 Å². The van der Waals surface area contributed by atoms with Crippen molar-refractivity contribution in [2.75, 3.05) is 25.5 Å². The zero-order valence-corrected chi connectivity index (χ0v) is 14.0. The number of methoxy groups -OCH3 is 1. The Hall–Kier alpha value is -2.44. The molecular weight excluding hydrogens is 308 g/mol. The normalized spacial score (nSPS) is 15.2. The Bertz CT molecular complexity index is 566. The molecule has 0 radical (unpaired) electrons. The van der Waals surface area contributed by atoms with Gasteiger partial charge in [0.25, 0.3) is 0 Å². The van der Waals surface area contributed by atoms with Crippen LogP contribution in [0.3, 0.4) is 0 Å². The number of hydrogen-bond donors (Lipinski definition) is 2. The number of hydrogen-bond acceptors (Lipinski definition) is 6. The van der Waals surface area contributed by atoms with Crippen molar-refractivity contribution in [1.29, 1.82) is 0 Å². The lowest BCUT2D eigenvalue weighted by atomic mass is 9.89. The van der Waals surface area contributed by atoms with Crippen LogP contribution in [0.15, 0.2) is 18.5 Å². The molecule has 0 saturated heterocycles. The molecule has 1 amide bonds. The third-order valence-electron chi connectivity index (χ3n) is 4.01. The van der Waals surface area contributed by atoms with Crippen molar-refractivity contribution in [3.05, 3.63) is 24.2 Å². The molecule has 1 fully saturated rings. The van der Waals surface area contributed by atoms with E-state index in [9.17, 15) is 9.59 Å². The number of carbonyl (C=O) groups excluding carboxylic acids is 2. The number of ether oxygens (including phenoxy) is 1. The maximum Gasteiger partial charge on any atom is 0.330 e. The lowest BCUT2D eigenvalue weighted by molar-refractivity contribution is -0.134. The summed E-state index contributed by atoms with van der Waals surface area (Å²) in [5.41, 5.74) is 0.535. The number of aromatic nitrogens is 2. The minimum atomic E-state index is -0.450. The third-order valence-corrected chi connectivity index (χ3v) is 4.01. The zero-order valence-electron chi connectivity index (χ0n) is 14.0. The monoisotopic (exact) mass is 332 g/mol. The number of amides is 1. The highest BCUT2D eigenvalue weighted by Gasteiger charge is 2.14. The quantitative estimate of drug-likeness (QED) is 0.584. The van der Waals surface area contributed by atoms with E-state index in [2.05, 4.69) is 25.3 Å². The lowest BCUT2D eigenvalue weighted by Gasteiger charge is -2.21. The van der Waals surface area contributed by atoms with E-state index < -0.39 is 5.97 Å². The van der Waals surface area contributed by atoms with Crippen molar-refractivity contribution in [1.82, 2.24) is 15.3 Å². The van der Waals surface area contributed by atoms with E-state index in [1.807, 2.05) is 0 Å². The second-order valence-corrected chi connectivity index (χ2v) is 5.84. The average molecular weight is 332 g/mol. The highest BCUT2D eigenvalue weighted by molar-refractivity contribution is 5.86. The summed E-state index contributed by atoms with van der Waals surface area (Å²) >= 11 is 0. The number of nitrogens with one attached hydrogen (secondary N) is 2. The summed E-state index contributed by atoms with van der Waals surface area (Å²) in [6.07, 6.45) is 12.1. The predicted molar refractivity (Wildman–Crippen MR) is 91.2 cm³/mol. The maximum absolute atomic E-state index is 11.9. The molecule has 2 N–H and O–H groups in total. The Balaban J connectivity index is 1.70. The molecule has 1 aliphatic rings. The van der Waals surface area contributed by atoms with E-state index in [1.54, 1.807) is 0 Å². The average Bonchev–Trinajstić information content (AvgIpc) is 2.64. The molecule has 1 aromatic heterocycles. The maximum atomic E-state index is 11.9. The Morgan fingerprint density at radius 1 is 1.25 bits per heavy atom. The van der Waals surface area contributed by atoms with E-state index in [0.29, 0.717) is 17.4 Å². The smallest absolute Gasteiger partial charge is 0.330 e. The van der Waals surface area contributed by atoms with Crippen LogP contribution in [0.25, 0.3) is 6.08 Å². The molecule has 7 nitrogen and oxygen atoms in total. The molecule has 0 unspecified atom stereocenters. The first-order valence-electron chi connectivity index (χ1n) is 8.26. The summed E-state index contributed by atoms with van der Waals surface area (Å²) in [5, 5.41) is 5.90. The molecule has 0 atom stereocenters. The van der Waals surface area contributed by atoms with E-state index in [-0.39, 0.29) is 12.5 Å². The van der Waals surface area contributed by atoms with E-state index in [0.717, 1.165) is 6.54 Å². The van der Waals surface area contributed by atoms with Gasteiger partial charge in [0.05, 0.1) is 31.7 Å². The molecule has 0 aromatic carbocycles. The van der Waals surface area contributed by atoms with Crippen LogP contribution in [0.4, 0.5) is 5.82 Å². The van der Waals surface area contributed by atoms with Crippen molar-refractivity contribution >= 4 is 23.8 Å². The molecule has 7 heteroatoms. The van der Waals surface area contributed by atoms with Gasteiger partial charge in [-0.05, 0) is 24.8 Å². The topological polar surface area (TPSA) is 93.2 Å². The van der Waals surface area contributed by atoms with Crippen LogP contribution in [0.5, 0.6) is 0 Å². The predicted octanol–water partition coefficient (Wildman–Crippen LogP) is 1.77. The summed E-state index contributed by atoms with van der Waals surface area (Å²) in [6.45, 7) is 0.919. The van der Waals surface area contributed by atoms with Crippen LogP contribution in [-0.4, -0.2) is 42.0 Å². The number of anilines is 1. The first-order valence-corrected chi connectivity index (χ1v) is 8.26.